The van der Waals surface area contributed by atoms with Crippen LogP contribution in [0.4, 0.5) is 0 Å². The van der Waals surface area contributed by atoms with E-state index >= 15 is 0 Å². The maximum absolute atomic E-state index is 5.35. The molecule has 3 nitrogen and oxygen atoms in total. The molecule has 88 valence electrons. The minimum atomic E-state index is 0.716. The molecule has 0 radical (unpaired) electrons. The molecule has 1 heterocycles. The molecule has 15 heavy (non-hydrogen) atoms. The Balaban J connectivity index is 1.72. The first-order valence-electron chi connectivity index (χ1n) is 6.43. The van der Waals surface area contributed by atoms with E-state index in [0.717, 1.165) is 32.2 Å². The third kappa shape index (κ3) is 3.74. The lowest BCUT2D eigenvalue weighted by atomic mass is 10.0. The van der Waals surface area contributed by atoms with E-state index in [1.807, 2.05) is 0 Å². The van der Waals surface area contributed by atoms with Gasteiger partial charge >= 0.3 is 0 Å². The zero-order valence-corrected chi connectivity index (χ0v) is 9.87. The van der Waals surface area contributed by atoms with Gasteiger partial charge in [0.25, 0.3) is 0 Å². The molecule has 2 rings (SSSR count). The Bertz CT molecular complexity index is 180. The molecule has 1 saturated heterocycles. The van der Waals surface area contributed by atoms with E-state index in [1.165, 1.54) is 32.1 Å². The van der Waals surface area contributed by atoms with Crippen molar-refractivity contribution >= 4 is 0 Å². The molecule has 0 spiro atoms. The highest BCUT2D eigenvalue weighted by Gasteiger charge is 2.19. The molecule has 2 unspecified atom stereocenters. The summed E-state index contributed by atoms with van der Waals surface area (Å²) in [6.07, 6.45) is 6.90. The SMILES string of the molecule is CC1CCCC(NN2CCOCC2)CC1. The standard InChI is InChI=1S/C12H24N2O/c1-11-3-2-4-12(6-5-11)13-14-7-9-15-10-8-14/h11-13H,2-10H2,1H3. The molecule has 2 atom stereocenters. The summed E-state index contributed by atoms with van der Waals surface area (Å²) in [7, 11) is 0. The zero-order chi connectivity index (χ0) is 10.5. The fourth-order valence-electron chi connectivity index (χ4n) is 2.57. The van der Waals surface area contributed by atoms with Crippen molar-refractivity contribution in [3.05, 3.63) is 0 Å². The van der Waals surface area contributed by atoms with Crippen LogP contribution in [0.5, 0.6) is 0 Å². The summed E-state index contributed by atoms with van der Waals surface area (Å²) >= 11 is 0. The second-order valence-corrected chi connectivity index (χ2v) is 5.04. The largest absolute Gasteiger partial charge is 0.379 e. The summed E-state index contributed by atoms with van der Waals surface area (Å²) in [4.78, 5) is 0. The normalized spacial score (nSPS) is 35.0. The molecule has 0 amide bonds. The first-order valence-corrected chi connectivity index (χ1v) is 6.43. The van der Waals surface area contributed by atoms with Crippen LogP contribution in [-0.4, -0.2) is 37.4 Å². The highest BCUT2D eigenvalue weighted by atomic mass is 16.5. The molecule has 1 aliphatic carbocycles. The van der Waals surface area contributed by atoms with E-state index in [2.05, 4.69) is 17.4 Å². The lowest BCUT2D eigenvalue weighted by molar-refractivity contribution is 0.00225. The molecular weight excluding hydrogens is 188 g/mol. The summed E-state index contributed by atoms with van der Waals surface area (Å²) < 4.78 is 5.35. The van der Waals surface area contributed by atoms with E-state index in [1.54, 1.807) is 0 Å². The van der Waals surface area contributed by atoms with Gasteiger partial charge in [-0.1, -0.05) is 19.8 Å². The van der Waals surface area contributed by atoms with Gasteiger partial charge in [0.1, 0.15) is 0 Å². The number of hydrazine groups is 1. The average molecular weight is 212 g/mol. The van der Waals surface area contributed by atoms with Gasteiger partial charge in [0.05, 0.1) is 13.2 Å². The molecule has 2 aliphatic rings. The van der Waals surface area contributed by atoms with Crippen LogP contribution in [0.25, 0.3) is 0 Å². The number of nitrogens with zero attached hydrogens (tertiary/aromatic N) is 1. The Morgan fingerprint density at radius 1 is 1.07 bits per heavy atom. The van der Waals surface area contributed by atoms with Crippen molar-refractivity contribution in [3.63, 3.8) is 0 Å². The van der Waals surface area contributed by atoms with Gasteiger partial charge in [-0.25, -0.2) is 5.01 Å². The minimum absolute atomic E-state index is 0.716. The number of hydrogen-bond donors (Lipinski definition) is 1. The molecule has 1 saturated carbocycles. The smallest absolute Gasteiger partial charge is 0.0608 e. The summed E-state index contributed by atoms with van der Waals surface area (Å²) in [6.45, 7) is 6.25. The van der Waals surface area contributed by atoms with E-state index in [0.29, 0.717) is 6.04 Å². The topological polar surface area (TPSA) is 24.5 Å². The Morgan fingerprint density at radius 3 is 2.67 bits per heavy atom. The van der Waals surface area contributed by atoms with Gasteiger partial charge in [0, 0.05) is 19.1 Å². The van der Waals surface area contributed by atoms with Crippen molar-refractivity contribution in [1.82, 2.24) is 10.4 Å². The average Bonchev–Trinajstić information content (AvgIpc) is 2.46. The molecular formula is C12H24N2O. The first kappa shape index (κ1) is 11.4. The quantitative estimate of drug-likeness (QED) is 0.706. The van der Waals surface area contributed by atoms with Crippen LogP contribution in [0.15, 0.2) is 0 Å². The van der Waals surface area contributed by atoms with Crippen LogP contribution in [0.1, 0.15) is 39.0 Å². The summed E-state index contributed by atoms with van der Waals surface area (Å²) in [5, 5.41) is 2.35. The van der Waals surface area contributed by atoms with Crippen molar-refractivity contribution in [2.75, 3.05) is 26.3 Å². The Labute approximate surface area is 93.1 Å². The zero-order valence-electron chi connectivity index (χ0n) is 9.87. The lowest BCUT2D eigenvalue weighted by Crippen LogP contribution is -2.50. The van der Waals surface area contributed by atoms with Crippen molar-refractivity contribution in [2.24, 2.45) is 5.92 Å². The van der Waals surface area contributed by atoms with Crippen LogP contribution in [0, 0.1) is 5.92 Å². The van der Waals surface area contributed by atoms with Crippen LogP contribution in [0.2, 0.25) is 0 Å². The molecule has 0 aromatic heterocycles. The number of nitrogens with one attached hydrogen (secondary N) is 1. The number of hydrogen-bond acceptors (Lipinski definition) is 3. The second kappa shape index (κ2) is 5.83. The lowest BCUT2D eigenvalue weighted by Gasteiger charge is -2.31. The van der Waals surface area contributed by atoms with Gasteiger partial charge in [-0.05, 0) is 25.2 Å². The van der Waals surface area contributed by atoms with Gasteiger partial charge in [-0.2, -0.15) is 0 Å². The molecule has 2 fully saturated rings. The van der Waals surface area contributed by atoms with Gasteiger partial charge in [0.2, 0.25) is 0 Å². The van der Waals surface area contributed by atoms with Crippen molar-refractivity contribution in [2.45, 2.75) is 45.1 Å². The molecule has 3 heteroatoms. The van der Waals surface area contributed by atoms with Crippen LogP contribution in [0.3, 0.4) is 0 Å². The highest BCUT2D eigenvalue weighted by molar-refractivity contribution is 4.73. The van der Waals surface area contributed by atoms with E-state index < -0.39 is 0 Å². The first-order chi connectivity index (χ1) is 7.34. The number of morpholine rings is 1. The van der Waals surface area contributed by atoms with Crippen LogP contribution >= 0.6 is 0 Å². The van der Waals surface area contributed by atoms with Gasteiger partial charge < -0.3 is 4.74 Å². The maximum Gasteiger partial charge on any atom is 0.0608 e. The van der Waals surface area contributed by atoms with Gasteiger partial charge in [-0.15, -0.1) is 0 Å². The Kier molecular flexibility index (Phi) is 4.42. The predicted molar refractivity (Wildman–Crippen MR) is 61.6 cm³/mol. The number of ether oxygens (including phenoxy) is 1. The Morgan fingerprint density at radius 2 is 1.87 bits per heavy atom. The molecule has 0 aromatic carbocycles. The molecule has 0 bridgehead atoms. The van der Waals surface area contributed by atoms with Crippen molar-refractivity contribution in [3.8, 4) is 0 Å². The second-order valence-electron chi connectivity index (χ2n) is 5.04. The third-order valence-electron chi connectivity index (χ3n) is 3.63. The van der Waals surface area contributed by atoms with E-state index in [4.69, 9.17) is 4.74 Å². The highest BCUT2D eigenvalue weighted by Crippen LogP contribution is 2.22. The number of rotatable bonds is 2. The van der Waals surface area contributed by atoms with Crippen molar-refractivity contribution < 1.29 is 4.74 Å². The van der Waals surface area contributed by atoms with E-state index in [9.17, 15) is 0 Å². The van der Waals surface area contributed by atoms with Crippen LogP contribution in [-0.2, 0) is 4.74 Å². The molecule has 0 aromatic rings. The Hall–Kier alpha value is -0.120. The van der Waals surface area contributed by atoms with E-state index in [-0.39, 0.29) is 0 Å². The third-order valence-corrected chi connectivity index (χ3v) is 3.63. The predicted octanol–water partition coefficient (Wildman–Crippen LogP) is 1.79. The van der Waals surface area contributed by atoms with Crippen molar-refractivity contribution in [1.29, 1.82) is 0 Å². The van der Waals surface area contributed by atoms with Gasteiger partial charge in [0.15, 0.2) is 0 Å². The van der Waals surface area contributed by atoms with Gasteiger partial charge in [-0.3, -0.25) is 5.43 Å². The fourth-order valence-corrected chi connectivity index (χ4v) is 2.57. The molecule has 1 N–H and O–H groups in total. The summed E-state index contributed by atoms with van der Waals surface area (Å²) in [5.41, 5.74) is 3.67. The summed E-state index contributed by atoms with van der Waals surface area (Å²) in [6, 6.07) is 0.716. The summed E-state index contributed by atoms with van der Waals surface area (Å²) in [5.74, 6) is 0.932. The molecule has 1 aliphatic heterocycles. The maximum atomic E-state index is 5.35. The monoisotopic (exact) mass is 212 g/mol. The van der Waals surface area contributed by atoms with Crippen LogP contribution < -0.4 is 5.43 Å². The minimum Gasteiger partial charge on any atom is -0.379 e. The fraction of sp³-hybridized carbons (Fsp3) is 1.00.